The predicted molar refractivity (Wildman–Crippen MR) is 109 cm³/mol. The Kier molecular flexibility index (Phi) is 7.21. The molecule has 1 aromatic carbocycles. The average molecular weight is 406 g/mol. The minimum absolute atomic E-state index is 0.0766. The highest BCUT2D eigenvalue weighted by Crippen LogP contribution is 2.21. The number of ketones is 2. The summed E-state index contributed by atoms with van der Waals surface area (Å²) in [5.74, 6) is -0.0986. The van der Waals surface area contributed by atoms with E-state index in [-0.39, 0.29) is 11.6 Å². The summed E-state index contributed by atoms with van der Waals surface area (Å²) in [7, 11) is 1.29. The van der Waals surface area contributed by atoms with Gasteiger partial charge in [-0.1, -0.05) is 41.9 Å². The van der Waals surface area contributed by atoms with Crippen LogP contribution < -0.4 is 0 Å². The third-order valence-corrected chi connectivity index (χ3v) is 4.63. The first kappa shape index (κ1) is 21.1. The second kappa shape index (κ2) is 10.2. The molecule has 3 aromatic rings. The highest BCUT2D eigenvalue weighted by Gasteiger charge is 2.14. The standard InChI is InChI=1S/C23H22N2O5/c1-29-23(28)17-12-13-18(24-15-17)20(26)10-6-3-7-11-21(27)19-14-22(30-25-19)16-8-4-2-5-9-16/h2,4-5,8-9,12-15H,3,6-7,10-11H2,1H3. The Bertz CT molecular complexity index is 1010. The number of methoxy groups -OCH3 is 1. The zero-order chi connectivity index (χ0) is 21.3. The van der Waals surface area contributed by atoms with Gasteiger partial charge in [0.1, 0.15) is 11.4 Å². The summed E-state index contributed by atoms with van der Waals surface area (Å²) >= 11 is 0. The molecule has 0 aliphatic rings. The second-order valence-electron chi connectivity index (χ2n) is 6.77. The van der Waals surface area contributed by atoms with Crippen molar-refractivity contribution in [2.45, 2.75) is 32.1 Å². The summed E-state index contributed by atoms with van der Waals surface area (Å²) in [6.45, 7) is 0. The third kappa shape index (κ3) is 5.47. The van der Waals surface area contributed by atoms with Crippen LogP contribution in [0.4, 0.5) is 0 Å². The molecule has 7 nitrogen and oxygen atoms in total. The number of pyridine rings is 1. The van der Waals surface area contributed by atoms with E-state index in [0.29, 0.717) is 48.4 Å². The molecule has 0 fully saturated rings. The lowest BCUT2D eigenvalue weighted by molar-refractivity contribution is 0.0599. The van der Waals surface area contributed by atoms with E-state index in [2.05, 4.69) is 14.9 Å². The summed E-state index contributed by atoms with van der Waals surface area (Å²) in [5.41, 5.74) is 1.81. The highest BCUT2D eigenvalue weighted by molar-refractivity contribution is 5.96. The Morgan fingerprint density at radius 3 is 2.23 bits per heavy atom. The number of esters is 1. The fourth-order valence-corrected chi connectivity index (χ4v) is 2.95. The van der Waals surface area contributed by atoms with Crippen LogP contribution in [-0.4, -0.2) is 34.8 Å². The van der Waals surface area contributed by atoms with E-state index in [1.807, 2.05) is 30.3 Å². The Balaban J connectivity index is 1.40. The van der Waals surface area contributed by atoms with Gasteiger partial charge in [0.2, 0.25) is 0 Å². The number of carbonyl (C=O) groups excluding carboxylic acids is 3. The van der Waals surface area contributed by atoms with E-state index in [9.17, 15) is 14.4 Å². The number of rotatable bonds is 10. The molecule has 0 radical (unpaired) electrons. The van der Waals surface area contributed by atoms with Crippen LogP contribution >= 0.6 is 0 Å². The van der Waals surface area contributed by atoms with Crippen LogP contribution in [0.15, 0.2) is 59.3 Å². The van der Waals surface area contributed by atoms with Gasteiger partial charge in [-0.05, 0) is 25.0 Å². The molecule has 0 unspecified atom stereocenters. The zero-order valence-electron chi connectivity index (χ0n) is 16.7. The molecule has 0 spiro atoms. The topological polar surface area (TPSA) is 99.4 Å². The van der Waals surface area contributed by atoms with Crippen LogP contribution in [0.2, 0.25) is 0 Å². The smallest absolute Gasteiger partial charge is 0.339 e. The van der Waals surface area contributed by atoms with Crippen LogP contribution in [0.1, 0.15) is 63.4 Å². The Morgan fingerprint density at radius 2 is 1.60 bits per heavy atom. The fraction of sp³-hybridized carbons (Fsp3) is 0.261. The predicted octanol–water partition coefficient (Wildman–Crippen LogP) is 4.54. The molecule has 0 N–H and O–H groups in total. The molecule has 30 heavy (non-hydrogen) atoms. The number of ether oxygens (including phenoxy) is 1. The summed E-state index contributed by atoms with van der Waals surface area (Å²) in [5, 5.41) is 3.87. The summed E-state index contributed by atoms with van der Waals surface area (Å²) in [6, 6.07) is 14.2. The molecule has 0 aliphatic heterocycles. The van der Waals surface area contributed by atoms with Gasteiger partial charge in [-0.15, -0.1) is 0 Å². The average Bonchev–Trinajstić information content (AvgIpc) is 3.29. The quantitative estimate of drug-likeness (QED) is 0.277. The Labute approximate surface area is 174 Å². The lowest BCUT2D eigenvalue weighted by Crippen LogP contribution is -2.06. The maximum Gasteiger partial charge on any atom is 0.339 e. The molecule has 0 amide bonds. The number of unbranched alkanes of at least 4 members (excludes halogenated alkanes) is 2. The molecule has 0 saturated heterocycles. The number of Topliss-reactive ketones (excluding diaryl/α,β-unsaturated/α-hetero) is 2. The number of benzene rings is 1. The van der Waals surface area contributed by atoms with Gasteiger partial charge >= 0.3 is 5.97 Å². The van der Waals surface area contributed by atoms with Crippen molar-refractivity contribution < 1.29 is 23.6 Å². The van der Waals surface area contributed by atoms with Crippen LogP contribution in [0.3, 0.4) is 0 Å². The fourth-order valence-electron chi connectivity index (χ4n) is 2.95. The Morgan fingerprint density at radius 1 is 0.900 bits per heavy atom. The normalized spacial score (nSPS) is 10.6. The third-order valence-electron chi connectivity index (χ3n) is 4.63. The molecule has 2 aromatic heterocycles. The van der Waals surface area contributed by atoms with Crippen LogP contribution in [0.25, 0.3) is 11.3 Å². The minimum atomic E-state index is -0.492. The lowest BCUT2D eigenvalue weighted by atomic mass is 10.0. The van der Waals surface area contributed by atoms with Gasteiger partial charge in [0.15, 0.2) is 17.3 Å². The van der Waals surface area contributed by atoms with Gasteiger partial charge < -0.3 is 9.26 Å². The van der Waals surface area contributed by atoms with Gasteiger partial charge in [-0.25, -0.2) is 4.79 Å². The molecule has 0 atom stereocenters. The largest absolute Gasteiger partial charge is 0.465 e. The van der Waals surface area contributed by atoms with Gasteiger partial charge in [-0.3, -0.25) is 14.6 Å². The molecule has 0 bridgehead atoms. The molecule has 0 saturated carbocycles. The summed E-state index contributed by atoms with van der Waals surface area (Å²) < 4.78 is 9.86. The first-order valence-corrected chi connectivity index (χ1v) is 9.71. The van der Waals surface area contributed by atoms with Gasteiger partial charge in [-0.2, -0.15) is 0 Å². The van der Waals surface area contributed by atoms with Gasteiger partial charge in [0, 0.05) is 30.7 Å². The minimum Gasteiger partial charge on any atom is -0.465 e. The first-order valence-electron chi connectivity index (χ1n) is 9.71. The van der Waals surface area contributed by atoms with Crippen LogP contribution in [-0.2, 0) is 4.74 Å². The number of hydrogen-bond donors (Lipinski definition) is 0. The number of nitrogens with zero attached hydrogens (tertiary/aromatic N) is 2. The molecule has 0 aliphatic carbocycles. The first-order chi connectivity index (χ1) is 14.6. The maximum absolute atomic E-state index is 12.3. The van der Waals surface area contributed by atoms with Crippen molar-refractivity contribution in [2.24, 2.45) is 0 Å². The van der Waals surface area contributed by atoms with Gasteiger partial charge in [0.05, 0.1) is 12.7 Å². The molecular formula is C23H22N2O5. The molecule has 7 heteroatoms. The van der Waals surface area contributed by atoms with Crippen molar-refractivity contribution in [3.63, 3.8) is 0 Å². The number of hydrogen-bond acceptors (Lipinski definition) is 7. The lowest BCUT2D eigenvalue weighted by Gasteiger charge is -2.02. The highest BCUT2D eigenvalue weighted by atomic mass is 16.5. The van der Waals surface area contributed by atoms with Crippen molar-refractivity contribution in [1.29, 1.82) is 0 Å². The van der Waals surface area contributed by atoms with Crippen molar-refractivity contribution in [2.75, 3.05) is 7.11 Å². The summed E-state index contributed by atoms with van der Waals surface area (Å²) in [4.78, 5) is 39.9. The van der Waals surface area contributed by atoms with E-state index in [4.69, 9.17) is 4.52 Å². The van der Waals surface area contributed by atoms with E-state index >= 15 is 0 Å². The van der Waals surface area contributed by atoms with E-state index in [0.717, 1.165) is 12.0 Å². The van der Waals surface area contributed by atoms with Crippen molar-refractivity contribution in [3.05, 3.63) is 71.7 Å². The van der Waals surface area contributed by atoms with E-state index in [1.54, 1.807) is 6.07 Å². The van der Waals surface area contributed by atoms with Crippen molar-refractivity contribution >= 4 is 17.5 Å². The zero-order valence-corrected chi connectivity index (χ0v) is 16.7. The maximum atomic E-state index is 12.3. The Hall–Kier alpha value is -3.61. The van der Waals surface area contributed by atoms with Crippen LogP contribution in [0, 0.1) is 0 Å². The monoisotopic (exact) mass is 406 g/mol. The number of carbonyl (C=O) groups is 3. The molecule has 2 heterocycles. The molecule has 154 valence electrons. The second-order valence-corrected chi connectivity index (χ2v) is 6.77. The van der Waals surface area contributed by atoms with Crippen LogP contribution in [0.5, 0.6) is 0 Å². The van der Waals surface area contributed by atoms with Crippen molar-refractivity contribution in [1.82, 2.24) is 10.1 Å². The summed E-state index contributed by atoms with van der Waals surface area (Å²) in [6.07, 6.45) is 4.07. The van der Waals surface area contributed by atoms with E-state index < -0.39 is 5.97 Å². The van der Waals surface area contributed by atoms with Crippen molar-refractivity contribution in [3.8, 4) is 11.3 Å². The van der Waals surface area contributed by atoms with E-state index in [1.165, 1.54) is 25.4 Å². The number of aromatic nitrogens is 2. The SMILES string of the molecule is COC(=O)c1ccc(C(=O)CCCCCC(=O)c2cc(-c3ccccc3)on2)nc1. The van der Waals surface area contributed by atoms with Gasteiger partial charge in [0.25, 0.3) is 0 Å². The molecule has 3 rings (SSSR count). The molecular weight excluding hydrogens is 384 g/mol.